The lowest BCUT2D eigenvalue weighted by atomic mass is 10.1. The van der Waals surface area contributed by atoms with E-state index in [0.717, 1.165) is 10.0 Å². The van der Waals surface area contributed by atoms with Gasteiger partial charge in [-0.15, -0.1) is 0 Å². The predicted octanol–water partition coefficient (Wildman–Crippen LogP) is 3.53. The number of allylic oxidation sites excluding steroid dienone is 1. The third-order valence-electron chi connectivity index (χ3n) is 2.68. The van der Waals surface area contributed by atoms with Crippen LogP contribution in [0.2, 0.25) is 0 Å². The lowest BCUT2D eigenvalue weighted by Crippen LogP contribution is -2.10. The van der Waals surface area contributed by atoms with E-state index in [1.165, 1.54) is 12.2 Å². The number of aromatic nitrogens is 1. The van der Waals surface area contributed by atoms with Gasteiger partial charge in [0.1, 0.15) is 5.82 Å². The number of nitrogens with one attached hydrogen (secondary N) is 1. The fraction of sp³-hybridized carbons (Fsp3) is 0.0625. The Labute approximate surface area is 131 Å². The number of anilines is 1. The summed E-state index contributed by atoms with van der Waals surface area (Å²) in [6.45, 7) is 1.91. The van der Waals surface area contributed by atoms with E-state index in [-0.39, 0.29) is 5.78 Å². The molecule has 106 valence electrons. The van der Waals surface area contributed by atoms with Gasteiger partial charge >= 0.3 is 0 Å². The quantitative estimate of drug-likeness (QED) is 0.681. The van der Waals surface area contributed by atoms with Crippen molar-refractivity contribution in [2.75, 3.05) is 5.32 Å². The number of halogens is 1. The first-order valence-electron chi connectivity index (χ1n) is 6.26. The number of amides is 1. The number of hydrogen-bond donors (Lipinski definition) is 1. The van der Waals surface area contributed by atoms with Crippen molar-refractivity contribution in [3.63, 3.8) is 0 Å². The average Bonchev–Trinajstić information content (AvgIpc) is 2.48. The van der Waals surface area contributed by atoms with Gasteiger partial charge in [-0.25, -0.2) is 4.98 Å². The molecule has 21 heavy (non-hydrogen) atoms. The number of benzene rings is 1. The topological polar surface area (TPSA) is 59.1 Å². The molecule has 1 heterocycles. The zero-order chi connectivity index (χ0) is 15.2. The summed E-state index contributed by atoms with van der Waals surface area (Å²) in [5, 5.41) is 2.59. The summed E-state index contributed by atoms with van der Waals surface area (Å²) in [4.78, 5) is 27.6. The van der Waals surface area contributed by atoms with Crippen molar-refractivity contribution in [1.82, 2.24) is 4.98 Å². The Morgan fingerprint density at radius 1 is 1.10 bits per heavy atom. The fourth-order valence-electron chi connectivity index (χ4n) is 1.57. The molecule has 1 aromatic carbocycles. The predicted molar refractivity (Wildman–Crippen MR) is 85.2 cm³/mol. The van der Waals surface area contributed by atoms with Crippen LogP contribution < -0.4 is 5.32 Å². The van der Waals surface area contributed by atoms with Gasteiger partial charge in [-0.3, -0.25) is 9.59 Å². The Hall–Kier alpha value is -2.27. The van der Waals surface area contributed by atoms with Gasteiger partial charge in [0, 0.05) is 22.3 Å². The molecule has 4 nitrogen and oxygen atoms in total. The highest BCUT2D eigenvalue weighted by Crippen LogP contribution is 2.11. The van der Waals surface area contributed by atoms with Crippen molar-refractivity contribution in [2.45, 2.75) is 6.92 Å². The molecule has 0 spiro atoms. The first-order chi connectivity index (χ1) is 10.0. The van der Waals surface area contributed by atoms with Crippen LogP contribution in [0.5, 0.6) is 0 Å². The molecule has 0 unspecified atom stereocenters. The van der Waals surface area contributed by atoms with E-state index in [4.69, 9.17) is 0 Å². The smallest absolute Gasteiger partial charge is 0.249 e. The second-order valence-electron chi connectivity index (χ2n) is 4.41. The fourth-order valence-corrected chi connectivity index (χ4v) is 1.84. The van der Waals surface area contributed by atoms with Crippen molar-refractivity contribution in [3.05, 3.63) is 70.3 Å². The van der Waals surface area contributed by atoms with Crippen molar-refractivity contribution >= 4 is 33.4 Å². The highest BCUT2D eigenvalue weighted by Gasteiger charge is 2.03. The molecule has 1 aromatic heterocycles. The largest absolute Gasteiger partial charge is 0.307 e. The number of carbonyl (C=O) groups is 2. The Balaban J connectivity index is 1.96. The summed E-state index contributed by atoms with van der Waals surface area (Å²) in [6.07, 6.45) is 4.10. The highest BCUT2D eigenvalue weighted by molar-refractivity contribution is 9.10. The number of nitrogens with zero attached hydrogens (tertiary/aromatic N) is 1. The molecule has 2 aromatic rings. The maximum Gasteiger partial charge on any atom is 0.249 e. The second-order valence-corrected chi connectivity index (χ2v) is 5.33. The lowest BCUT2D eigenvalue weighted by molar-refractivity contribution is -0.111. The molecule has 2 rings (SSSR count). The van der Waals surface area contributed by atoms with Gasteiger partial charge in [0.05, 0.1) is 0 Å². The van der Waals surface area contributed by atoms with Crippen molar-refractivity contribution in [3.8, 4) is 0 Å². The van der Waals surface area contributed by atoms with Gasteiger partial charge in [-0.05, 0) is 48.9 Å². The minimum absolute atomic E-state index is 0.227. The number of pyridine rings is 1. The molecule has 0 fully saturated rings. The Bertz CT molecular complexity index is 676. The van der Waals surface area contributed by atoms with E-state index in [9.17, 15) is 9.59 Å². The summed E-state index contributed by atoms with van der Waals surface area (Å²) in [5.74, 6) is -0.169. The van der Waals surface area contributed by atoms with E-state index in [0.29, 0.717) is 11.4 Å². The number of aryl methyl sites for hydroxylation is 1. The van der Waals surface area contributed by atoms with Gasteiger partial charge in [0.2, 0.25) is 5.91 Å². The normalized spacial score (nSPS) is 10.6. The van der Waals surface area contributed by atoms with E-state index in [1.807, 2.05) is 13.0 Å². The van der Waals surface area contributed by atoms with E-state index in [2.05, 4.69) is 26.2 Å². The number of carbonyl (C=O) groups excluding carboxylic acids is 2. The molecule has 0 aliphatic heterocycles. The summed E-state index contributed by atoms with van der Waals surface area (Å²) in [5.41, 5.74) is 1.53. The first kappa shape index (κ1) is 15.1. The molecular formula is C16H13BrN2O2. The lowest BCUT2D eigenvalue weighted by Gasteiger charge is -2.01. The Morgan fingerprint density at radius 2 is 1.81 bits per heavy atom. The van der Waals surface area contributed by atoms with Crippen molar-refractivity contribution in [1.29, 1.82) is 0 Å². The van der Waals surface area contributed by atoms with Crippen LogP contribution in [-0.4, -0.2) is 16.7 Å². The monoisotopic (exact) mass is 344 g/mol. The molecule has 0 bridgehead atoms. The Morgan fingerprint density at radius 3 is 2.43 bits per heavy atom. The standard InChI is InChI=1S/C16H13BrN2O2/c1-11-2-8-15(18-10-11)19-16(21)9-7-14(20)12-3-5-13(17)6-4-12/h2-10H,1H3,(H,18,19,21)/b9-7+. The van der Waals surface area contributed by atoms with Crippen LogP contribution in [0.1, 0.15) is 15.9 Å². The minimum atomic E-state index is -0.392. The van der Waals surface area contributed by atoms with Gasteiger partial charge in [-0.2, -0.15) is 0 Å². The zero-order valence-electron chi connectivity index (χ0n) is 11.3. The first-order valence-corrected chi connectivity index (χ1v) is 7.05. The molecule has 0 radical (unpaired) electrons. The SMILES string of the molecule is Cc1ccc(NC(=O)/C=C/C(=O)c2ccc(Br)cc2)nc1. The van der Waals surface area contributed by atoms with Gasteiger partial charge in [0.25, 0.3) is 0 Å². The molecular weight excluding hydrogens is 332 g/mol. The summed E-state index contributed by atoms with van der Waals surface area (Å²) >= 11 is 3.30. The third-order valence-corrected chi connectivity index (χ3v) is 3.21. The van der Waals surface area contributed by atoms with Crippen LogP contribution >= 0.6 is 15.9 Å². The number of ketones is 1. The van der Waals surface area contributed by atoms with Gasteiger partial charge in [-0.1, -0.05) is 22.0 Å². The van der Waals surface area contributed by atoms with E-state index < -0.39 is 5.91 Å². The minimum Gasteiger partial charge on any atom is -0.307 e. The molecule has 0 atom stereocenters. The maximum atomic E-state index is 11.9. The van der Waals surface area contributed by atoms with Crippen LogP contribution in [0.25, 0.3) is 0 Å². The van der Waals surface area contributed by atoms with Crippen LogP contribution in [0, 0.1) is 6.92 Å². The van der Waals surface area contributed by atoms with Crippen LogP contribution in [-0.2, 0) is 4.79 Å². The van der Waals surface area contributed by atoms with Gasteiger partial charge in [0.15, 0.2) is 5.78 Å². The molecule has 1 N–H and O–H groups in total. The van der Waals surface area contributed by atoms with Crippen LogP contribution in [0.15, 0.2) is 59.2 Å². The molecule has 0 aliphatic rings. The van der Waals surface area contributed by atoms with E-state index in [1.54, 1.807) is 36.5 Å². The summed E-state index contributed by atoms with van der Waals surface area (Å²) in [7, 11) is 0. The number of rotatable bonds is 4. The molecule has 5 heteroatoms. The molecule has 0 saturated carbocycles. The van der Waals surface area contributed by atoms with Gasteiger partial charge < -0.3 is 5.32 Å². The van der Waals surface area contributed by atoms with E-state index >= 15 is 0 Å². The van der Waals surface area contributed by atoms with Crippen LogP contribution in [0.3, 0.4) is 0 Å². The highest BCUT2D eigenvalue weighted by atomic mass is 79.9. The summed E-state index contributed by atoms with van der Waals surface area (Å²) < 4.78 is 0.895. The summed E-state index contributed by atoms with van der Waals surface area (Å²) in [6, 6.07) is 10.5. The van der Waals surface area contributed by atoms with Crippen molar-refractivity contribution in [2.24, 2.45) is 0 Å². The zero-order valence-corrected chi connectivity index (χ0v) is 12.9. The number of hydrogen-bond acceptors (Lipinski definition) is 3. The second kappa shape index (κ2) is 6.95. The van der Waals surface area contributed by atoms with Crippen LogP contribution in [0.4, 0.5) is 5.82 Å². The van der Waals surface area contributed by atoms with Crippen molar-refractivity contribution < 1.29 is 9.59 Å². The Kier molecular flexibility index (Phi) is 5.00. The average molecular weight is 345 g/mol. The molecule has 0 aliphatic carbocycles. The molecule has 1 amide bonds. The maximum absolute atomic E-state index is 11.9. The third kappa shape index (κ3) is 4.65. The molecule has 0 saturated heterocycles.